The average Bonchev–Trinajstić information content (AvgIpc) is 2.27. The van der Waals surface area contributed by atoms with Gasteiger partial charge in [0.2, 0.25) is 5.91 Å². The third-order valence-electron chi connectivity index (χ3n) is 2.86. The minimum atomic E-state index is -1.78. The maximum absolute atomic E-state index is 12.2. The van der Waals surface area contributed by atoms with E-state index in [-0.39, 0.29) is 0 Å². The van der Waals surface area contributed by atoms with Crippen LogP contribution >= 0.6 is 0 Å². The lowest BCUT2D eigenvalue weighted by molar-refractivity contribution is -0.134. The Kier molecular flexibility index (Phi) is 4.06. The molecule has 1 aromatic rings. The second kappa shape index (κ2) is 4.98. The second-order valence-electron chi connectivity index (χ2n) is 4.26. The molecule has 1 rings (SSSR count). The molecule has 0 aliphatic heterocycles. The molecule has 1 aromatic carbocycles. The summed E-state index contributed by atoms with van der Waals surface area (Å²) in [6.07, 6.45) is 0. The van der Waals surface area contributed by atoms with Gasteiger partial charge in [-0.2, -0.15) is 0 Å². The third-order valence-corrected chi connectivity index (χ3v) is 4.70. The van der Waals surface area contributed by atoms with E-state index in [2.05, 4.69) is 0 Å². The second-order valence-corrected chi connectivity index (χ2v) is 6.04. The van der Waals surface area contributed by atoms with Gasteiger partial charge in [-0.3, -0.25) is 9.00 Å². The molecule has 5 heteroatoms. The molecule has 0 fully saturated rings. The highest BCUT2D eigenvalue weighted by Crippen LogP contribution is 2.21. The van der Waals surface area contributed by atoms with E-state index in [1.54, 1.807) is 19.1 Å². The van der Waals surface area contributed by atoms with Crippen molar-refractivity contribution in [3.63, 3.8) is 0 Å². The Balaban J connectivity index is 2.98. The molecule has 0 spiro atoms. The summed E-state index contributed by atoms with van der Waals surface area (Å²) in [5.74, 6) is -0.870. The van der Waals surface area contributed by atoms with Crippen LogP contribution in [-0.4, -0.2) is 26.1 Å². The molecule has 3 atom stereocenters. The highest BCUT2D eigenvalue weighted by molar-refractivity contribution is 7.85. The van der Waals surface area contributed by atoms with E-state index in [9.17, 15) is 14.1 Å². The number of hydrogen-bond acceptors (Lipinski definition) is 3. The van der Waals surface area contributed by atoms with Gasteiger partial charge in [0, 0.05) is 4.90 Å². The number of amides is 1. The summed E-state index contributed by atoms with van der Waals surface area (Å²) < 4.78 is 12.2. The van der Waals surface area contributed by atoms with Crippen LogP contribution in [0.4, 0.5) is 0 Å². The highest BCUT2D eigenvalue weighted by atomic mass is 32.2. The van der Waals surface area contributed by atoms with Gasteiger partial charge in [-0.25, -0.2) is 0 Å². The summed E-state index contributed by atoms with van der Waals surface area (Å²) in [4.78, 5) is 11.7. The lowest BCUT2D eigenvalue weighted by Crippen LogP contribution is -2.51. The van der Waals surface area contributed by atoms with Crippen LogP contribution in [0.2, 0.25) is 0 Å². The van der Waals surface area contributed by atoms with Gasteiger partial charge >= 0.3 is 0 Å². The van der Waals surface area contributed by atoms with Crippen LogP contribution in [0, 0.1) is 6.92 Å². The molecule has 0 saturated carbocycles. The van der Waals surface area contributed by atoms with Crippen LogP contribution in [0.1, 0.15) is 19.4 Å². The van der Waals surface area contributed by atoms with E-state index < -0.39 is 27.6 Å². The Morgan fingerprint density at radius 1 is 1.41 bits per heavy atom. The number of rotatable bonds is 4. The first-order chi connectivity index (χ1) is 7.76. The Hall–Kier alpha value is -1.20. The van der Waals surface area contributed by atoms with E-state index >= 15 is 0 Å². The molecular weight excluding hydrogens is 238 g/mol. The van der Waals surface area contributed by atoms with Crippen molar-refractivity contribution < 1.29 is 14.1 Å². The van der Waals surface area contributed by atoms with Crippen molar-refractivity contribution in [1.82, 2.24) is 0 Å². The third kappa shape index (κ3) is 2.92. The maximum atomic E-state index is 12.2. The van der Waals surface area contributed by atoms with Crippen LogP contribution in [0.3, 0.4) is 0 Å². The highest BCUT2D eigenvalue weighted by Gasteiger charge is 2.38. The van der Waals surface area contributed by atoms with Gasteiger partial charge in [0.1, 0.15) is 0 Å². The molecular formula is C12H17NO3S. The van der Waals surface area contributed by atoms with Gasteiger partial charge in [-0.15, -0.1) is 0 Å². The molecule has 0 bridgehead atoms. The van der Waals surface area contributed by atoms with Crippen molar-refractivity contribution in [2.45, 2.75) is 36.5 Å². The largest absolute Gasteiger partial charge is 0.379 e. The Bertz CT molecular complexity index is 440. The van der Waals surface area contributed by atoms with Crippen molar-refractivity contribution in [2.24, 2.45) is 5.73 Å². The van der Waals surface area contributed by atoms with Gasteiger partial charge < -0.3 is 10.8 Å². The van der Waals surface area contributed by atoms with E-state index in [4.69, 9.17) is 5.73 Å². The number of aryl methyl sites for hydroxylation is 1. The van der Waals surface area contributed by atoms with E-state index in [1.165, 1.54) is 6.92 Å². The fraction of sp³-hybridized carbons (Fsp3) is 0.417. The van der Waals surface area contributed by atoms with Gasteiger partial charge in [0.25, 0.3) is 0 Å². The zero-order valence-corrected chi connectivity index (χ0v) is 11.0. The van der Waals surface area contributed by atoms with E-state index in [0.717, 1.165) is 5.56 Å². The molecule has 0 unspecified atom stereocenters. The summed E-state index contributed by atoms with van der Waals surface area (Å²) in [5.41, 5.74) is 4.36. The summed E-state index contributed by atoms with van der Waals surface area (Å²) >= 11 is 0. The van der Waals surface area contributed by atoms with Crippen LogP contribution in [0.5, 0.6) is 0 Å². The predicted octanol–water partition coefficient (Wildman–Crippen LogP) is 0.727. The zero-order chi connectivity index (χ0) is 13.2. The SMILES string of the molecule is Cc1ccc([S@@](=O)[C@@H](C)[C@@](C)(O)C(N)=O)cc1. The van der Waals surface area contributed by atoms with Crippen molar-refractivity contribution in [3.8, 4) is 0 Å². The molecule has 0 heterocycles. The molecule has 0 saturated heterocycles. The minimum absolute atomic E-state index is 0.574. The van der Waals surface area contributed by atoms with E-state index in [0.29, 0.717) is 4.90 Å². The van der Waals surface area contributed by atoms with Crippen LogP contribution in [0.15, 0.2) is 29.2 Å². The summed E-state index contributed by atoms with van der Waals surface area (Å²) in [5, 5.41) is 9.12. The summed E-state index contributed by atoms with van der Waals surface area (Å²) in [6.45, 7) is 4.75. The molecule has 94 valence electrons. The first kappa shape index (κ1) is 13.9. The molecule has 0 aromatic heterocycles. The fourth-order valence-electron chi connectivity index (χ4n) is 1.29. The Labute approximate surface area is 103 Å². The van der Waals surface area contributed by atoms with Gasteiger partial charge in [-0.1, -0.05) is 17.7 Å². The smallest absolute Gasteiger partial charge is 0.250 e. The number of carbonyl (C=O) groups excluding carboxylic acids is 1. The minimum Gasteiger partial charge on any atom is -0.379 e. The Morgan fingerprint density at radius 3 is 2.29 bits per heavy atom. The van der Waals surface area contributed by atoms with Crippen LogP contribution in [-0.2, 0) is 15.6 Å². The van der Waals surface area contributed by atoms with Crippen molar-refractivity contribution in [1.29, 1.82) is 0 Å². The zero-order valence-electron chi connectivity index (χ0n) is 10.1. The predicted molar refractivity (Wildman–Crippen MR) is 66.9 cm³/mol. The molecule has 0 aliphatic rings. The van der Waals surface area contributed by atoms with Crippen molar-refractivity contribution in [3.05, 3.63) is 29.8 Å². The van der Waals surface area contributed by atoms with Gasteiger partial charge in [-0.05, 0) is 32.9 Å². The molecule has 4 nitrogen and oxygen atoms in total. The topological polar surface area (TPSA) is 80.4 Å². The molecule has 17 heavy (non-hydrogen) atoms. The number of aliphatic hydroxyl groups is 1. The number of hydrogen-bond donors (Lipinski definition) is 2. The lowest BCUT2D eigenvalue weighted by atomic mass is 10.0. The number of benzene rings is 1. The standard InChI is InChI=1S/C12H17NO3S/c1-8-4-6-10(7-5-8)17(16)9(2)12(3,15)11(13)14/h4-7,9,15H,1-3H3,(H2,13,14)/t9-,12+,17-/m0/s1. The molecule has 3 N–H and O–H groups in total. The fourth-order valence-corrected chi connectivity index (χ4v) is 2.63. The number of carbonyl (C=O) groups is 1. The monoisotopic (exact) mass is 255 g/mol. The van der Waals surface area contributed by atoms with Crippen molar-refractivity contribution >= 4 is 16.7 Å². The normalized spacial score (nSPS) is 18.1. The lowest BCUT2D eigenvalue weighted by Gasteiger charge is -2.26. The van der Waals surface area contributed by atoms with Gasteiger partial charge in [0.05, 0.1) is 16.0 Å². The van der Waals surface area contributed by atoms with E-state index in [1.807, 2.05) is 19.1 Å². The maximum Gasteiger partial charge on any atom is 0.250 e. The van der Waals surface area contributed by atoms with Crippen molar-refractivity contribution in [2.75, 3.05) is 0 Å². The summed E-state index contributed by atoms with van der Waals surface area (Å²) in [6, 6.07) is 7.11. The first-order valence-electron chi connectivity index (χ1n) is 5.26. The Morgan fingerprint density at radius 2 is 1.88 bits per heavy atom. The average molecular weight is 255 g/mol. The number of nitrogens with two attached hydrogens (primary N) is 1. The quantitative estimate of drug-likeness (QED) is 0.832. The van der Waals surface area contributed by atoms with Crippen LogP contribution < -0.4 is 5.73 Å². The van der Waals surface area contributed by atoms with Gasteiger partial charge in [0.15, 0.2) is 5.60 Å². The first-order valence-corrected chi connectivity index (χ1v) is 6.47. The molecule has 0 radical (unpaired) electrons. The summed E-state index contributed by atoms with van der Waals surface area (Å²) in [7, 11) is -1.48. The molecule has 0 aliphatic carbocycles. The molecule has 1 amide bonds. The number of primary amides is 1. The van der Waals surface area contributed by atoms with Crippen LogP contribution in [0.25, 0.3) is 0 Å².